The number of hydrogen-bond donors (Lipinski definition) is 1. The molecule has 1 N–H and O–H groups in total. The van der Waals surface area contributed by atoms with Crippen molar-refractivity contribution >= 4 is 22.0 Å². The molecule has 0 unspecified atom stereocenters. The number of amides is 1. The minimum atomic E-state index is -3.46. The fourth-order valence-electron chi connectivity index (χ4n) is 3.37. The minimum absolute atomic E-state index is 0.0643. The lowest BCUT2D eigenvalue weighted by atomic mass is 9.99. The number of nitrogens with zero attached hydrogens (tertiary/aromatic N) is 1. The van der Waals surface area contributed by atoms with Gasteiger partial charge in [0.15, 0.2) is 0 Å². The van der Waals surface area contributed by atoms with E-state index in [2.05, 4.69) is 10.8 Å². The van der Waals surface area contributed by atoms with Gasteiger partial charge in [0.1, 0.15) is 5.75 Å². The van der Waals surface area contributed by atoms with Crippen molar-refractivity contribution in [3.05, 3.63) is 65.2 Å². The fraction of sp³-hybridized carbons (Fsp3) is 0.318. The van der Waals surface area contributed by atoms with Gasteiger partial charge >= 0.3 is 0 Å². The van der Waals surface area contributed by atoms with Crippen LogP contribution in [0.25, 0.3) is 6.08 Å². The van der Waals surface area contributed by atoms with Gasteiger partial charge < -0.3 is 9.64 Å². The van der Waals surface area contributed by atoms with Gasteiger partial charge in [0.2, 0.25) is 15.9 Å². The summed E-state index contributed by atoms with van der Waals surface area (Å²) < 4.78 is 32.4. The van der Waals surface area contributed by atoms with Crippen LogP contribution >= 0.6 is 0 Å². The van der Waals surface area contributed by atoms with Crippen LogP contribution in [0.2, 0.25) is 0 Å². The molecule has 1 amide bonds. The fourth-order valence-corrected chi connectivity index (χ4v) is 4.67. The lowest BCUT2D eigenvalue weighted by Gasteiger charge is -2.28. The first-order valence-electron chi connectivity index (χ1n) is 9.70. The third kappa shape index (κ3) is 4.68. The van der Waals surface area contributed by atoms with Crippen molar-refractivity contribution in [3.63, 3.8) is 0 Å². The molecule has 1 fully saturated rings. The summed E-state index contributed by atoms with van der Waals surface area (Å²) >= 11 is 0. The largest absolute Gasteiger partial charge is 0.497 e. The summed E-state index contributed by atoms with van der Waals surface area (Å²) in [4.78, 5) is 14.6. The highest BCUT2D eigenvalue weighted by Crippen LogP contribution is 2.24. The summed E-state index contributed by atoms with van der Waals surface area (Å²) in [5.41, 5.74) is 3.13. The molecule has 2 aromatic rings. The van der Waals surface area contributed by atoms with Crippen LogP contribution in [0.3, 0.4) is 0 Å². The maximum absolute atomic E-state index is 12.6. The predicted molar refractivity (Wildman–Crippen MR) is 111 cm³/mol. The maximum Gasteiger partial charge on any atom is 0.246 e. The van der Waals surface area contributed by atoms with Crippen LogP contribution in [0.4, 0.5) is 0 Å². The molecule has 0 atom stereocenters. The molecule has 0 bridgehead atoms. The Kier molecular flexibility index (Phi) is 5.43. The Hall–Kier alpha value is -2.64. The predicted octanol–water partition coefficient (Wildman–Crippen LogP) is 2.73. The molecule has 2 aliphatic rings. The number of fused-ring (bicyclic) bond motifs is 1. The molecule has 0 spiro atoms. The molecule has 152 valence electrons. The lowest BCUT2D eigenvalue weighted by Crippen LogP contribution is -2.34. The number of rotatable bonds is 6. The molecule has 4 rings (SSSR count). The highest BCUT2D eigenvalue weighted by atomic mass is 32.2. The molecule has 7 heteroatoms. The zero-order valence-electron chi connectivity index (χ0n) is 16.3. The van der Waals surface area contributed by atoms with Crippen molar-refractivity contribution in [2.24, 2.45) is 0 Å². The summed E-state index contributed by atoms with van der Waals surface area (Å²) in [6.07, 6.45) is 5.87. The zero-order valence-corrected chi connectivity index (χ0v) is 17.1. The first-order valence-corrected chi connectivity index (χ1v) is 11.2. The smallest absolute Gasteiger partial charge is 0.246 e. The topological polar surface area (TPSA) is 75.7 Å². The Morgan fingerprint density at radius 1 is 1.14 bits per heavy atom. The monoisotopic (exact) mass is 412 g/mol. The molecule has 1 saturated carbocycles. The molecular formula is C22H24N2O4S. The number of methoxy groups -OCH3 is 1. The summed E-state index contributed by atoms with van der Waals surface area (Å²) in [6.45, 7) is 1.23. The maximum atomic E-state index is 12.6. The van der Waals surface area contributed by atoms with E-state index in [1.807, 2.05) is 12.1 Å². The normalized spacial score (nSPS) is 16.7. The van der Waals surface area contributed by atoms with Gasteiger partial charge in [0.25, 0.3) is 0 Å². The SMILES string of the molecule is COc1ccc2c(c1)CN(C(=O)/C=C/c1ccc(S(=O)(=O)NC3CC3)cc1)CC2. The molecule has 6 nitrogen and oxygen atoms in total. The van der Waals surface area contributed by atoms with E-state index in [9.17, 15) is 13.2 Å². The second kappa shape index (κ2) is 8.00. The van der Waals surface area contributed by atoms with Crippen LogP contribution in [0.5, 0.6) is 5.75 Å². The lowest BCUT2D eigenvalue weighted by molar-refractivity contribution is -0.126. The van der Waals surface area contributed by atoms with Gasteiger partial charge in [-0.2, -0.15) is 0 Å². The third-order valence-electron chi connectivity index (χ3n) is 5.25. The van der Waals surface area contributed by atoms with Gasteiger partial charge in [-0.3, -0.25) is 4.79 Å². The molecule has 0 aromatic heterocycles. The van der Waals surface area contributed by atoms with E-state index in [0.29, 0.717) is 13.1 Å². The van der Waals surface area contributed by atoms with Crippen molar-refractivity contribution in [2.45, 2.75) is 36.7 Å². The standard InChI is InChI=1S/C22H24N2O4S/c1-28-20-8-5-17-12-13-24(15-18(17)14-20)22(25)11-4-16-2-9-21(10-3-16)29(26,27)23-19-6-7-19/h2-5,8-11,14,19,23H,6-7,12-13,15H2,1H3/b11-4+. The van der Waals surface area contributed by atoms with Crippen LogP contribution in [0.1, 0.15) is 29.5 Å². The van der Waals surface area contributed by atoms with Crippen molar-refractivity contribution < 1.29 is 17.9 Å². The van der Waals surface area contributed by atoms with E-state index in [1.54, 1.807) is 42.4 Å². The molecule has 1 heterocycles. The van der Waals surface area contributed by atoms with Gasteiger partial charge in [0, 0.05) is 25.2 Å². The summed E-state index contributed by atoms with van der Waals surface area (Å²) in [5, 5.41) is 0. The zero-order chi connectivity index (χ0) is 20.4. The van der Waals surface area contributed by atoms with E-state index < -0.39 is 10.0 Å². The average Bonchev–Trinajstić information content (AvgIpc) is 3.54. The number of carbonyl (C=O) groups excluding carboxylic acids is 1. The summed E-state index contributed by atoms with van der Waals surface area (Å²) in [7, 11) is -1.82. The second-order valence-electron chi connectivity index (χ2n) is 7.44. The van der Waals surface area contributed by atoms with E-state index in [4.69, 9.17) is 4.74 Å². The van der Waals surface area contributed by atoms with Crippen molar-refractivity contribution in [1.29, 1.82) is 0 Å². The van der Waals surface area contributed by atoms with Gasteiger partial charge in [-0.05, 0) is 66.3 Å². The Morgan fingerprint density at radius 3 is 2.59 bits per heavy atom. The quantitative estimate of drug-likeness (QED) is 0.741. The number of ether oxygens (including phenoxy) is 1. The minimum Gasteiger partial charge on any atom is -0.497 e. The average molecular weight is 413 g/mol. The van der Waals surface area contributed by atoms with Crippen LogP contribution < -0.4 is 9.46 Å². The summed E-state index contributed by atoms with van der Waals surface area (Å²) in [6, 6.07) is 12.6. The number of nitrogens with one attached hydrogen (secondary N) is 1. The first-order chi connectivity index (χ1) is 13.9. The second-order valence-corrected chi connectivity index (χ2v) is 9.16. The molecule has 29 heavy (non-hydrogen) atoms. The van der Waals surface area contributed by atoms with E-state index in [0.717, 1.165) is 36.1 Å². The number of benzene rings is 2. The Bertz CT molecular complexity index is 1040. The Balaban J connectivity index is 1.40. The Morgan fingerprint density at radius 2 is 1.90 bits per heavy atom. The molecule has 0 radical (unpaired) electrons. The molecule has 2 aromatic carbocycles. The van der Waals surface area contributed by atoms with E-state index >= 15 is 0 Å². The third-order valence-corrected chi connectivity index (χ3v) is 6.78. The van der Waals surface area contributed by atoms with E-state index in [-0.39, 0.29) is 16.8 Å². The number of hydrogen-bond acceptors (Lipinski definition) is 4. The Labute approximate surface area is 171 Å². The number of sulfonamides is 1. The van der Waals surface area contributed by atoms with E-state index in [1.165, 1.54) is 11.6 Å². The van der Waals surface area contributed by atoms with Crippen LogP contribution in [-0.2, 0) is 27.8 Å². The number of carbonyl (C=O) groups is 1. The summed E-state index contributed by atoms with van der Waals surface area (Å²) in [5.74, 6) is 0.727. The van der Waals surface area contributed by atoms with Gasteiger partial charge in [-0.25, -0.2) is 13.1 Å². The van der Waals surface area contributed by atoms with Crippen LogP contribution in [0, 0.1) is 0 Å². The molecule has 1 aliphatic heterocycles. The van der Waals surface area contributed by atoms with Gasteiger partial charge in [-0.15, -0.1) is 0 Å². The van der Waals surface area contributed by atoms with Crippen molar-refractivity contribution in [2.75, 3.05) is 13.7 Å². The molecular weight excluding hydrogens is 388 g/mol. The first kappa shape index (κ1) is 19.7. The van der Waals surface area contributed by atoms with Gasteiger partial charge in [0.05, 0.1) is 12.0 Å². The highest BCUT2D eigenvalue weighted by Gasteiger charge is 2.27. The van der Waals surface area contributed by atoms with Gasteiger partial charge in [-0.1, -0.05) is 18.2 Å². The highest BCUT2D eigenvalue weighted by molar-refractivity contribution is 7.89. The molecule has 1 aliphatic carbocycles. The van der Waals surface area contributed by atoms with Crippen molar-refractivity contribution in [1.82, 2.24) is 9.62 Å². The van der Waals surface area contributed by atoms with Crippen LogP contribution in [-0.4, -0.2) is 38.9 Å². The van der Waals surface area contributed by atoms with Crippen LogP contribution in [0.15, 0.2) is 53.4 Å². The van der Waals surface area contributed by atoms with Crippen molar-refractivity contribution in [3.8, 4) is 5.75 Å². The molecule has 0 saturated heterocycles.